The van der Waals surface area contributed by atoms with Crippen LogP contribution in [-0.2, 0) is 0 Å². The minimum Gasteiger partial charge on any atom is -0.393 e. The zero-order valence-corrected chi connectivity index (χ0v) is 17.3. The Bertz CT molecular complexity index is 486. The number of fused-ring (bicyclic) bond motifs is 5. The Balaban J connectivity index is 1.62. The first kappa shape index (κ1) is 18.3. The average molecular weight is 347 g/mol. The molecule has 1 N–H and O–H groups in total. The number of aliphatic hydroxyl groups excluding tert-OH is 1. The summed E-state index contributed by atoms with van der Waals surface area (Å²) >= 11 is 0. The van der Waals surface area contributed by atoms with Gasteiger partial charge in [0.2, 0.25) is 0 Å². The lowest BCUT2D eigenvalue weighted by molar-refractivity contribution is -0.168. The van der Waals surface area contributed by atoms with Gasteiger partial charge in [0.1, 0.15) is 0 Å². The molecule has 0 spiro atoms. The Kier molecular flexibility index (Phi) is 4.79. The molecular weight excluding hydrogens is 304 g/mol. The molecule has 1 heteroatoms. The van der Waals surface area contributed by atoms with Gasteiger partial charge in [-0.1, -0.05) is 53.4 Å². The standard InChI is InChI=1S/C24H42O/c1-5-8-16(2)19-12-13-20-18-11-10-17-9-6-7-14-23(17,3)21(18)15-22(25)24(19,20)4/h16-22,25H,5-15H2,1-4H3/t16?,17-,18?,19+,20?,21?,22-,23-,24?/m0/s1. The molecule has 4 saturated carbocycles. The Morgan fingerprint density at radius 3 is 2.56 bits per heavy atom. The molecule has 0 aliphatic heterocycles. The largest absolute Gasteiger partial charge is 0.393 e. The first-order valence-corrected chi connectivity index (χ1v) is 11.6. The topological polar surface area (TPSA) is 20.2 Å². The van der Waals surface area contributed by atoms with Crippen LogP contribution in [0.1, 0.15) is 98.3 Å². The van der Waals surface area contributed by atoms with Crippen LogP contribution in [0.4, 0.5) is 0 Å². The van der Waals surface area contributed by atoms with Gasteiger partial charge < -0.3 is 5.11 Å². The molecule has 0 aromatic rings. The van der Waals surface area contributed by atoms with Gasteiger partial charge in [0.05, 0.1) is 6.10 Å². The molecule has 0 saturated heterocycles. The smallest absolute Gasteiger partial charge is 0.0602 e. The molecule has 0 bridgehead atoms. The second-order valence-corrected chi connectivity index (χ2v) is 11.0. The van der Waals surface area contributed by atoms with Gasteiger partial charge in [-0.25, -0.2) is 0 Å². The minimum absolute atomic E-state index is 0.0527. The number of aliphatic hydroxyl groups is 1. The van der Waals surface area contributed by atoms with Gasteiger partial charge >= 0.3 is 0 Å². The van der Waals surface area contributed by atoms with Crippen molar-refractivity contribution in [2.75, 3.05) is 0 Å². The maximum atomic E-state index is 11.5. The Hall–Kier alpha value is -0.0400. The van der Waals surface area contributed by atoms with Gasteiger partial charge in [0, 0.05) is 0 Å². The lowest BCUT2D eigenvalue weighted by atomic mass is 9.44. The summed E-state index contributed by atoms with van der Waals surface area (Å²) in [5.41, 5.74) is 0.740. The average Bonchev–Trinajstić information content (AvgIpc) is 2.94. The monoisotopic (exact) mass is 346 g/mol. The molecule has 0 radical (unpaired) electrons. The second kappa shape index (κ2) is 6.54. The quantitative estimate of drug-likeness (QED) is 0.623. The van der Waals surface area contributed by atoms with Crippen LogP contribution >= 0.6 is 0 Å². The summed E-state index contributed by atoms with van der Waals surface area (Å²) in [6.07, 6.45) is 15.2. The van der Waals surface area contributed by atoms with Crippen molar-refractivity contribution in [3.63, 3.8) is 0 Å². The van der Waals surface area contributed by atoms with Gasteiger partial charge in [-0.05, 0) is 91.3 Å². The second-order valence-electron chi connectivity index (χ2n) is 11.0. The highest BCUT2D eigenvalue weighted by molar-refractivity contribution is 5.12. The van der Waals surface area contributed by atoms with E-state index in [-0.39, 0.29) is 11.5 Å². The van der Waals surface area contributed by atoms with E-state index in [0.717, 1.165) is 41.9 Å². The lowest BCUT2D eigenvalue weighted by Crippen LogP contribution is -2.58. The summed E-state index contributed by atoms with van der Waals surface area (Å²) < 4.78 is 0. The van der Waals surface area contributed by atoms with Crippen LogP contribution in [-0.4, -0.2) is 11.2 Å². The third-order valence-corrected chi connectivity index (χ3v) is 10.2. The van der Waals surface area contributed by atoms with E-state index in [1.54, 1.807) is 0 Å². The molecule has 0 amide bonds. The normalized spacial score (nSPS) is 53.6. The van der Waals surface area contributed by atoms with E-state index in [2.05, 4.69) is 27.7 Å². The summed E-state index contributed by atoms with van der Waals surface area (Å²) in [5, 5.41) is 11.5. The van der Waals surface area contributed by atoms with Gasteiger partial charge in [-0.3, -0.25) is 0 Å². The highest BCUT2D eigenvalue weighted by Crippen LogP contribution is 2.68. The fraction of sp³-hybridized carbons (Fsp3) is 1.00. The molecule has 4 rings (SSSR count). The summed E-state index contributed by atoms with van der Waals surface area (Å²) in [7, 11) is 0. The molecule has 5 unspecified atom stereocenters. The van der Waals surface area contributed by atoms with Crippen molar-refractivity contribution in [2.24, 2.45) is 46.3 Å². The number of hydrogen-bond donors (Lipinski definition) is 1. The van der Waals surface area contributed by atoms with Gasteiger partial charge in [-0.2, -0.15) is 0 Å². The molecule has 4 aliphatic rings. The fourth-order valence-electron chi connectivity index (χ4n) is 8.88. The van der Waals surface area contributed by atoms with Crippen molar-refractivity contribution in [1.29, 1.82) is 0 Å². The molecule has 1 nitrogen and oxygen atoms in total. The van der Waals surface area contributed by atoms with Crippen molar-refractivity contribution in [3.05, 3.63) is 0 Å². The Labute approximate surface area is 156 Å². The first-order valence-electron chi connectivity index (χ1n) is 11.6. The van der Waals surface area contributed by atoms with Crippen LogP contribution < -0.4 is 0 Å². The predicted octanol–water partition coefficient (Wildman–Crippen LogP) is 6.44. The van der Waals surface area contributed by atoms with Crippen LogP contribution in [0.5, 0.6) is 0 Å². The number of hydrogen-bond acceptors (Lipinski definition) is 1. The SMILES string of the molecule is CCCC(C)[C@H]1CCC2C3CC[C@@H]4CCCC[C@]4(C)C3C[C@H](O)C21C. The summed E-state index contributed by atoms with van der Waals surface area (Å²) in [5.74, 6) is 5.00. The zero-order chi connectivity index (χ0) is 17.8. The van der Waals surface area contributed by atoms with Crippen LogP contribution in [0.15, 0.2) is 0 Å². The molecule has 4 fully saturated rings. The maximum Gasteiger partial charge on any atom is 0.0602 e. The van der Waals surface area contributed by atoms with Crippen LogP contribution in [0, 0.1) is 46.3 Å². The van der Waals surface area contributed by atoms with E-state index in [9.17, 15) is 5.11 Å². The number of rotatable bonds is 3. The highest BCUT2D eigenvalue weighted by atomic mass is 16.3. The van der Waals surface area contributed by atoms with E-state index in [0.29, 0.717) is 5.41 Å². The van der Waals surface area contributed by atoms with Crippen LogP contribution in [0.25, 0.3) is 0 Å². The van der Waals surface area contributed by atoms with Crippen molar-refractivity contribution in [1.82, 2.24) is 0 Å². The predicted molar refractivity (Wildman–Crippen MR) is 105 cm³/mol. The lowest BCUT2D eigenvalue weighted by Gasteiger charge is -2.62. The molecule has 9 atom stereocenters. The Morgan fingerprint density at radius 1 is 1.00 bits per heavy atom. The summed E-state index contributed by atoms with van der Waals surface area (Å²) in [4.78, 5) is 0. The molecule has 0 aromatic heterocycles. The van der Waals surface area contributed by atoms with E-state index in [1.807, 2.05) is 0 Å². The molecule has 144 valence electrons. The van der Waals surface area contributed by atoms with Crippen LogP contribution in [0.2, 0.25) is 0 Å². The molecular formula is C24H42O. The van der Waals surface area contributed by atoms with E-state index < -0.39 is 0 Å². The highest BCUT2D eigenvalue weighted by Gasteiger charge is 2.63. The van der Waals surface area contributed by atoms with Crippen LogP contribution in [0.3, 0.4) is 0 Å². The van der Waals surface area contributed by atoms with E-state index in [4.69, 9.17) is 0 Å². The van der Waals surface area contributed by atoms with Gasteiger partial charge in [0.25, 0.3) is 0 Å². The summed E-state index contributed by atoms with van der Waals surface area (Å²) in [6, 6.07) is 0. The van der Waals surface area contributed by atoms with E-state index >= 15 is 0 Å². The summed E-state index contributed by atoms with van der Waals surface area (Å²) in [6.45, 7) is 9.91. The van der Waals surface area contributed by atoms with Crippen molar-refractivity contribution in [2.45, 2.75) is 104 Å². The minimum atomic E-state index is -0.0527. The fourth-order valence-corrected chi connectivity index (χ4v) is 8.88. The van der Waals surface area contributed by atoms with E-state index in [1.165, 1.54) is 64.2 Å². The van der Waals surface area contributed by atoms with Crippen molar-refractivity contribution >= 4 is 0 Å². The van der Waals surface area contributed by atoms with Gasteiger partial charge in [-0.15, -0.1) is 0 Å². The Morgan fingerprint density at radius 2 is 1.80 bits per heavy atom. The van der Waals surface area contributed by atoms with Gasteiger partial charge in [0.15, 0.2) is 0 Å². The zero-order valence-electron chi connectivity index (χ0n) is 17.3. The molecule has 0 heterocycles. The third kappa shape index (κ3) is 2.58. The molecule has 0 aromatic carbocycles. The van der Waals surface area contributed by atoms with Crippen molar-refractivity contribution in [3.8, 4) is 0 Å². The maximum absolute atomic E-state index is 11.5. The van der Waals surface area contributed by atoms with Crippen molar-refractivity contribution < 1.29 is 5.11 Å². The molecule has 4 aliphatic carbocycles. The first-order chi connectivity index (χ1) is 11.9. The molecule has 25 heavy (non-hydrogen) atoms. The third-order valence-electron chi connectivity index (χ3n) is 10.2.